The lowest BCUT2D eigenvalue weighted by atomic mass is 9.56. The maximum Gasteiger partial charge on any atom is 0.0602 e. The molecule has 1 saturated carbocycles. The van der Waals surface area contributed by atoms with Gasteiger partial charge in [-0.2, -0.15) is 0 Å². The summed E-state index contributed by atoms with van der Waals surface area (Å²) in [7, 11) is 0. The molecule has 4 atom stereocenters. The molecule has 23 heavy (non-hydrogen) atoms. The van der Waals surface area contributed by atoms with E-state index in [1.165, 1.54) is 44.9 Å². The van der Waals surface area contributed by atoms with Gasteiger partial charge in [-0.3, -0.25) is 0 Å². The Morgan fingerprint density at radius 2 is 1.91 bits per heavy atom. The lowest BCUT2D eigenvalue weighted by Crippen LogP contribution is -2.43. The van der Waals surface area contributed by atoms with E-state index in [-0.39, 0.29) is 18.1 Å². The van der Waals surface area contributed by atoms with E-state index in [0.717, 1.165) is 32.1 Å². The summed E-state index contributed by atoms with van der Waals surface area (Å²) in [6.45, 7) is 0.289. The zero-order valence-electron chi connectivity index (χ0n) is 14.4. The number of fused-ring (bicyclic) bond motifs is 4. The fraction of sp³-hybridized carbons (Fsp3) is 0.810. The van der Waals surface area contributed by atoms with Crippen molar-refractivity contribution in [2.45, 2.75) is 83.2 Å². The smallest absolute Gasteiger partial charge is 0.0602 e. The van der Waals surface area contributed by atoms with E-state index in [1.807, 2.05) is 0 Å². The Hall–Kier alpha value is -0.600. The lowest BCUT2D eigenvalue weighted by Gasteiger charge is -2.48. The van der Waals surface area contributed by atoms with Crippen molar-refractivity contribution in [2.24, 2.45) is 17.3 Å². The number of aliphatic hydroxyl groups excluding tert-OH is 2. The van der Waals surface area contributed by atoms with Gasteiger partial charge in [0.2, 0.25) is 0 Å². The number of rotatable bonds is 4. The van der Waals surface area contributed by atoms with E-state index in [0.29, 0.717) is 11.8 Å². The molecular formula is C21H32O2. The van der Waals surface area contributed by atoms with Crippen molar-refractivity contribution in [2.75, 3.05) is 6.61 Å². The average Bonchev–Trinajstić information content (AvgIpc) is 2.92. The van der Waals surface area contributed by atoms with Gasteiger partial charge in [-0.05, 0) is 93.6 Å². The van der Waals surface area contributed by atoms with Crippen LogP contribution in [0, 0.1) is 17.3 Å². The molecule has 1 fully saturated rings. The third kappa shape index (κ3) is 2.53. The van der Waals surface area contributed by atoms with Gasteiger partial charge in [0, 0.05) is 12.0 Å². The van der Waals surface area contributed by atoms with Crippen molar-refractivity contribution in [3.8, 4) is 0 Å². The first-order valence-corrected chi connectivity index (χ1v) is 9.96. The Balaban J connectivity index is 1.63. The van der Waals surface area contributed by atoms with Crippen molar-refractivity contribution in [1.82, 2.24) is 0 Å². The fourth-order valence-electron chi connectivity index (χ4n) is 6.36. The second-order valence-corrected chi connectivity index (χ2v) is 8.41. The van der Waals surface area contributed by atoms with Crippen LogP contribution in [0.1, 0.15) is 77.0 Å². The Morgan fingerprint density at radius 3 is 2.78 bits per heavy atom. The molecule has 4 aliphatic rings. The van der Waals surface area contributed by atoms with Gasteiger partial charge in [0.25, 0.3) is 0 Å². The third-order valence-electron chi connectivity index (χ3n) is 7.48. The number of aliphatic hydroxyl groups is 2. The van der Waals surface area contributed by atoms with Gasteiger partial charge in [0.05, 0.1) is 6.10 Å². The van der Waals surface area contributed by atoms with Crippen molar-refractivity contribution >= 4 is 0 Å². The minimum absolute atomic E-state index is 0.120. The second kappa shape index (κ2) is 6.37. The molecule has 2 N–H and O–H groups in total. The van der Waals surface area contributed by atoms with Gasteiger partial charge in [0.1, 0.15) is 0 Å². The number of hydrogen-bond acceptors (Lipinski definition) is 2. The van der Waals surface area contributed by atoms with Gasteiger partial charge in [-0.25, -0.2) is 0 Å². The molecule has 0 aromatic heterocycles. The summed E-state index contributed by atoms with van der Waals surface area (Å²) in [5, 5.41) is 19.9. The van der Waals surface area contributed by atoms with Crippen molar-refractivity contribution < 1.29 is 10.2 Å². The molecule has 0 aromatic rings. The van der Waals surface area contributed by atoms with Crippen LogP contribution < -0.4 is 0 Å². The Bertz CT molecular complexity index is 518. The van der Waals surface area contributed by atoms with E-state index in [2.05, 4.69) is 6.08 Å². The quantitative estimate of drug-likeness (QED) is 0.749. The highest BCUT2D eigenvalue weighted by Crippen LogP contribution is 2.60. The maximum absolute atomic E-state index is 10.8. The average molecular weight is 316 g/mol. The molecule has 2 nitrogen and oxygen atoms in total. The van der Waals surface area contributed by atoms with Crippen molar-refractivity contribution in [3.05, 3.63) is 22.8 Å². The Morgan fingerprint density at radius 1 is 1.04 bits per heavy atom. The van der Waals surface area contributed by atoms with Gasteiger partial charge < -0.3 is 10.2 Å². The molecular weight excluding hydrogens is 284 g/mol. The van der Waals surface area contributed by atoms with Crippen molar-refractivity contribution in [3.63, 3.8) is 0 Å². The maximum atomic E-state index is 10.8. The predicted molar refractivity (Wildman–Crippen MR) is 93.0 cm³/mol. The van der Waals surface area contributed by atoms with Crippen LogP contribution in [0.25, 0.3) is 0 Å². The van der Waals surface area contributed by atoms with E-state index in [9.17, 15) is 5.11 Å². The summed E-state index contributed by atoms with van der Waals surface area (Å²) < 4.78 is 0. The Kier molecular flexibility index (Phi) is 4.40. The second-order valence-electron chi connectivity index (χ2n) is 8.41. The molecule has 0 heterocycles. The van der Waals surface area contributed by atoms with Crippen LogP contribution in [0.5, 0.6) is 0 Å². The summed E-state index contributed by atoms with van der Waals surface area (Å²) >= 11 is 0. The Labute approximate surface area is 140 Å². The topological polar surface area (TPSA) is 40.5 Å². The summed E-state index contributed by atoms with van der Waals surface area (Å²) in [5.74, 6) is 1.40. The van der Waals surface area contributed by atoms with Gasteiger partial charge in [-0.15, -0.1) is 0 Å². The molecule has 0 radical (unpaired) electrons. The van der Waals surface area contributed by atoms with E-state index >= 15 is 0 Å². The molecule has 0 saturated heterocycles. The third-order valence-corrected chi connectivity index (χ3v) is 7.48. The number of allylic oxidation sites excluding steroid dienone is 4. The van der Waals surface area contributed by atoms with Gasteiger partial charge in [0.15, 0.2) is 0 Å². The van der Waals surface area contributed by atoms with Crippen LogP contribution in [-0.2, 0) is 0 Å². The van der Waals surface area contributed by atoms with Crippen LogP contribution in [0.3, 0.4) is 0 Å². The van der Waals surface area contributed by atoms with Gasteiger partial charge in [-0.1, -0.05) is 18.1 Å². The molecule has 4 aliphatic carbocycles. The monoisotopic (exact) mass is 316 g/mol. The highest BCUT2D eigenvalue weighted by Gasteiger charge is 2.54. The van der Waals surface area contributed by atoms with E-state index in [1.54, 1.807) is 16.7 Å². The molecule has 0 aromatic carbocycles. The van der Waals surface area contributed by atoms with Crippen LogP contribution in [0.15, 0.2) is 22.8 Å². The molecule has 0 spiro atoms. The highest BCUT2D eigenvalue weighted by molar-refractivity contribution is 5.43. The molecule has 0 amide bonds. The van der Waals surface area contributed by atoms with Gasteiger partial charge >= 0.3 is 0 Å². The SMILES string of the molecule is OCCCC[C@]12CC=C3C4=C(CCCC4)CC[C@H]3[C@@H]1CC[C@H]2O. The predicted octanol–water partition coefficient (Wildman–Crippen LogP) is 4.52. The van der Waals surface area contributed by atoms with Crippen molar-refractivity contribution in [1.29, 1.82) is 0 Å². The zero-order chi connectivity index (χ0) is 15.9. The van der Waals surface area contributed by atoms with Crippen LogP contribution >= 0.6 is 0 Å². The molecule has 4 rings (SSSR count). The molecule has 128 valence electrons. The van der Waals surface area contributed by atoms with Crippen LogP contribution in [0.4, 0.5) is 0 Å². The van der Waals surface area contributed by atoms with E-state index in [4.69, 9.17) is 5.11 Å². The largest absolute Gasteiger partial charge is 0.396 e. The minimum Gasteiger partial charge on any atom is -0.396 e. The molecule has 0 bridgehead atoms. The molecule has 0 unspecified atom stereocenters. The summed E-state index contributed by atoms with van der Waals surface area (Å²) in [5.41, 5.74) is 5.32. The summed E-state index contributed by atoms with van der Waals surface area (Å²) in [6, 6.07) is 0. The van der Waals surface area contributed by atoms with Crippen LogP contribution in [0.2, 0.25) is 0 Å². The number of hydrogen-bond donors (Lipinski definition) is 2. The molecule has 2 heteroatoms. The summed E-state index contributed by atoms with van der Waals surface area (Å²) in [4.78, 5) is 0. The summed E-state index contributed by atoms with van der Waals surface area (Å²) in [6.07, 6.45) is 16.8. The molecule has 0 aliphatic heterocycles. The first kappa shape index (κ1) is 15.9. The van der Waals surface area contributed by atoms with E-state index < -0.39 is 0 Å². The lowest BCUT2D eigenvalue weighted by molar-refractivity contribution is -0.00452. The number of unbranched alkanes of at least 4 members (excludes halogenated alkanes) is 1. The van der Waals surface area contributed by atoms with Crippen LogP contribution in [-0.4, -0.2) is 22.9 Å². The zero-order valence-corrected chi connectivity index (χ0v) is 14.4. The standard InChI is InChI=1S/C21H32O2/c22-14-4-3-12-21-13-11-17-16-6-2-1-5-15(16)7-8-18(17)19(21)9-10-20(21)23/h11,18-20,22-23H,1-10,12-14H2/t18-,19+,20-,21+/m1/s1. The first-order valence-electron chi connectivity index (χ1n) is 9.96. The fourth-order valence-corrected chi connectivity index (χ4v) is 6.36. The minimum atomic E-state index is -0.120. The normalized spacial score (nSPS) is 39.6. The first-order chi connectivity index (χ1) is 11.3. The highest BCUT2D eigenvalue weighted by atomic mass is 16.3.